The molecule has 0 spiro atoms. The summed E-state index contributed by atoms with van der Waals surface area (Å²) in [6, 6.07) is 2.28. The summed E-state index contributed by atoms with van der Waals surface area (Å²) in [6.45, 7) is 6.17. The van der Waals surface area contributed by atoms with Crippen molar-refractivity contribution < 1.29 is 4.43 Å². The standard InChI is InChI=1S/C7H18N2OSi/c1-7(2,3)10-11(4-5-11)6(8)9/h6H,4-5,8-9H2,1-3H3. The Hall–Kier alpha value is 0.0969. The van der Waals surface area contributed by atoms with Gasteiger partial charge in [0, 0.05) is 5.60 Å². The van der Waals surface area contributed by atoms with Gasteiger partial charge in [-0.05, 0) is 32.9 Å². The lowest BCUT2D eigenvalue weighted by atomic mass is 10.2. The summed E-state index contributed by atoms with van der Waals surface area (Å²) in [6.07, 6.45) is 0. The summed E-state index contributed by atoms with van der Waals surface area (Å²) in [5.41, 5.74) is 11.2. The highest BCUT2D eigenvalue weighted by atomic mass is 28.4. The minimum Gasteiger partial charge on any atom is -0.409 e. The van der Waals surface area contributed by atoms with E-state index in [2.05, 4.69) is 20.8 Å². The fraction of sp³-hybridized carbons (Fsp3) is 1.00. The highest BCUT2D eigenvalue weighted by Crippen LogP contribution is 2.40. The van der Waals surface area contributed by atoms with E-state index in [0.29, 0.717) is 0 Å². The summed E-state index contributed by atoms with van der Waals surface area (Å²) >= 11 is 0. The minimum absolute atomic E-state index is 0.0697. The summed E-state index contributed by atoms with van der Waals surface area (Å²) < 4.78 is 5.89. The first-order chi connectivity index (χ1) is 4.86. The molecular weight excluding hydrogens is 156 g/mol. The maximum absolute atomic E-state index is 5.89. The zero-order chi connectivity index (χ0) is 8.70. The van der Waals surface area contributed by atoms with Crippen molar-refractivity contribution in [3.05, 3.63) is 0 Å². The van der Waals surface area contributed by atoms with E-state index in [1.54, 1.807) is 0 Å². The average molecular weight is 174 g/mol. The smallest absolute Gasteiger partial charge is 0.223 e. The van der Waals surface area contributed by atoms with Crippen LogP contribution in [0.25, 0.3) is 0 Å². The van der Waals surface area contributed by atoms with Gasteiger partial charge >= 0.3 is 0 Å². The van der Waals surface area contributed by atoms with Crippen molar-refractivity contribution >= 4 is 8.32 Å². The van der Waals surface area contributed by atoms with Crippen LogP contribution in [0.5, 0.6) is 0 Å². The lowest BCUT2D eigenvalue weighted by Crippen LogP contribution is -2.53. The summed E-state index contributed by atoms with van der Waals surface area (Å²) in [7, 11) is -1.61. The second-order valence-corrected chi connectivity index (χ2v) is 8.31. The van der Waals surface area contributed by atoms with Gasteiger partial charge in [0.1, 0.15) is 0 Å². The largest absolute Gasteiger partial charge is 0.409 e. The Morgan fingerprint density at radius 3 is 1.82 bits per heavy atom. The predicted molar refractivity (Wildman–Crippen MR) is 48.4 cm³/mol. The SMILES string of the molecule is CC(C)(C)O[Si]1(C(N)N)CC1. The number of rotatable bonds is 2. The molecule has 3 nitrogen and oxygen atoms in total. The Morgan fingerprint density at radius 1 is 1.27 bits per heavy atom. The minimum atomic E-state index is -1.61. The zero-order valence-corrected chi connectivity index (χ0v) is 8.55. The van der Waals surface area contributed by atoms with Gasteiger partial charge in [-0.25, -0.2) is 0 Å². The van der Waals surface area contributed by atoms with Gasteiger partial charge in [-0.15, -0.1) is 0 Å². The topological polar surface area (TPSA) is 61.3 Å². The maximum Gasteiger partial charge on any atom is 0.223 e. The molecule has 4 N–H and O–H groups in total. The van der Waals surface area contributed by atoms with Crippen LogP contribution in [0, 0.1) is 0 Å². The molecule has 0 saturated carbocycles. The van der Waals surface area contributed by atoms with E-state index >= 15 is 0 Å². The molecule has 1 aliphatic rings. The Kier molecular flexibility index (Phi) is 2.13. The van der Waals surface area contributed by atoms with Gasteiger partial charge in [0.2, 0.25) is 8.32 Å². The lowest BCUT2D eigenvalue weighted by molar-refractivity contribution is 0.123. The fourth-order valence-corrected chi connectivity index (χ4v) is 4.45. The molecule has 1 saturated heterocycles. The second-order valence-electron chi connectivity index (χ2n) is 4.30. The van der Waals surface area contributed by atoms with Crippen LogP contribution in [-0.2, 0) is 4.43 Å². The van der Waals surface area contributed by atoms with Gasteiger partial charge in [0.15, 0.2) is 0 Å². The van der Waals surface area contributed by atoms with E-state index in [1.807, 2.05) is 0 Å². The zero-order valence-electron chi connectivity index (χ0n) is 7.55. The van der Waals surface area contributed by atoms with Gasteiger partial charge in [0.25, 0.3) is 0 Å². The van der Waals surface area contributed by atoms with Crippen molar-refractivity contribution in [2.45, 2.75) is 44.2 Å². The fourth-order valence-electron chi connectivity index (χ4n) is 1.24. The third-order valence-electron chi connectivity index (χ3n) is 1.86. The molecule has 4 heteroatoms. The van der Waals surface area contributed by atoms with Crippen LogP contribution in [0.15, 0.2) is 0 Å². The predicted octanol–water partition coefficient (Wildman–Crippen LogP) is 0.543. The van der Waals surface area contributed by atoms with E-state index in [9.17, 15) is 0 Å². The number of nitrogens with two attached hydrogens (primary N) is 2. The molecule has 0 aromatic rings. The monoisotopic (exact) mass is 174 g/mol. The molecule has 1 heterocycles. The van der Waals surface area contributed by atoms with Crippen molar-refractivity contribution in [2.24, 2.45) is 11.5 Å². The number of hydrogen-bond acceptors (Lipinski definition) is 3. The maximum atomic E-state index is 5.89. The molecule has 0 aromatic heterocycles. The molecule has 1 rings (SSSR count). The van der Waals surface area contributed by atoms with E-state index < -0.39 is 8.32 Å². The van der Waals surface area contributed by atoms with E-state index in [4.69, 9.17) is 15.9 Å². The molecule has 0 atom stereocenters. The van der Waals surface area contributed by atoms with Crippen LogP contribution in [0.3, 0.4) is 0 Å². The number of hydrogen-bond donors (Lipinski definition) is 2. The molecule has 0 bridgehead atoms. The van der Waals surface area contributed by atoms with Gasteiger partial charge in [-0.1, -0.05) is 0 Å². The third kappa shape index (κ3) is 2.26. The highest BCUT2D eigenvalue weighted by Gasteiger charge is 2.53. The van der Waals surface area contributed by atoms with Crippen molar-refractivity contribution in [3.63, 3.8) is 0 Å². The second kappa shape index (κ2) is 2.55. The first-order valence-corrected chi connectivity index (χ1v) is 6.47. The Morgan fingerprint density at radius 2 is 1.73 bits per heavy atom. The van der Waals surface area contributed by atoms with Gasteiger partial charge in [-0.2, -0.15) is 0 Å². The van der Waals surface area contributed by atoms with E-state index in [-0.39, 0.29) is 11.4 Å². The molecule has 0 aromatic carbocycles. The van der Waals surface area contributed by atoms with Crippen LogP contribution in [0.2, 0.25) is 12.1 Å². The first kappa shape index (κ1) is 9.19. The van der Waals surface area contributed by atoms with Crippen molar-refractivity contribution in [3.8, 4) is 0 Å². The van der Waals surface area contributed by atoms with Gasteiger partial charge in [-0.3, -0.25) is 0 Å². The van der Waals surface area contributed by atoms with Crippen LogP contribution < -0.4 is 11.5 Å². The van der Waals surface area contributed by atoms with Crippen LogP contribution in [-0.4, -0.2) is 19.7 Å². The lowest BCUT2D eigenvalue weighted by Gasteiger charge is -2.28. The van der Waals surface area contributed by atoms with Crippen LogP contribution in [0.1, 0.15) is 20.8 Å². The molecule has 11 heavy (non-hydrogen) atoms. The van der Waals surface area contributed by atoms with Crippen molar-refractivity contribution in [1.82, 2.24) is 0 Å². The van der Waals surface area contributed by atoms with Crippen LogP contribution in [0.4, 0.5) is 0 Å². The summed E-state index contributed by atoms with van der Waals surface area (Å²) in [5, 5.41) is 0. The Bertz CT molecular complexity index is 149. The van der Waals surface area contributed by atoms with Crippen LogP contribution >= 0.6 is 0 Å². The molecule has 1 fully saturated rings. The van der Waals surface area contributed by atoms with E-state index in [1.165, 1.54) is 0 Å². The summed E-state index contributed by atoms with van der Waals surface area (Å²) in [5.74, 6) is -0.193. The quantitative estimate of drug-likeness (QED) is 0.474. The first-order valence-electron chi connectivity index (χ1n) is 4.07. The highest BCUT2D eigenvalue weighted by molar-refractivity contribution is 6.84. The molecular formula is C7H18N2OSi. The molecule has 66 valence electrons. The van der Waals surface area contributed by atoms with Gasteiger partial charge < -0.3 is 15.9 Å². The van der Waals surface area contributed by atoms with Gasteiger partial charge in [0.05, 0.1) is 5.79 Å². The molecule has 1 aliphatic heterocycles. The average Bonchev–Trinajstić information content (AvgIpc) is 2.43. The molecule has 0 aliphatic carbocycles. The Labute approximate surface area is 69.2 Å². The molecule has 0 unspecified atom stereocenters. The van der Waals surface area contributed by atoms with E-state index in [0.717, 1.165) is 12.1 Å². The Balaban J connectivity index is 2.48. The van der Waals surface area contributed by atoms with Crippen molar-refractivity contribution in [2.75, 3.05) is 0 Å². The molecule has 0 amide bonds. The summed E-state index contributed by atoms with van der Waals surface area (Å²) in [4.78, 5) is 0. The van der Waals surface area contributed by atoms with Crippen molar-refractivity contribution in [1.29, 1.82) is 0 Å². The normalized spacial score (nSPS) is 22.4. The molecule has 0 radical (unpaired) electrons. The third-order valence-corrected chi connectivity index (χ3v) is 5.58.